The Balaban J connectivity index is 1.73. The second-order valence-electron chi connectivity index (χ2n) is 4.27. The molecule has 0 aliphatic rings. The molecule has 0 saturated heterocycles. The number of carbonyl (C=O) groups is 1. The molecule has 0 fully saturated rings. The third-order valence-corrected chi connectivity index (χ3v) is 2.82. The fourth-order valence-electron chi connectivity index (χ4n) is 1.70. The highest BCUT2D eigenvalue weighted by Gasteiger charge is 2.02. The van der Waals surface area contributed by atoms with Gasteiger partial charge in [0, 0.05) is 31.9 Å². The van der Waals surface area contributed by atoms with Gasteiger partial charge in [-0.2, -0.15) is 5.10 Å². The zero-order valence-electron chi connectivity index (χ0n) is 10.6. The SMILES string of the molecule is O=C(CCn1cccn1)NCc1ccc(CO)cc1. The lowest BCUT2D eigenvalue weighted by Gasteiger charge is -2.06. The van der Waals surface area contributed by atoms with Gasteiger partial charge in [0.05, 0.1) is 6.61 Å². The Morgan fingerprint density at radius 1 is 1.26 bits per heavy atom. The van der Waals surface area contributed by atoms with E-state index in [2.05, 4.69) is 10.4 Å². The van der Waals surface area contributed by atoms with Gasteiger partial charge in [-0.15, -0.1) is 0 Å². The highest BCUT2D eigenvalue weighted by atomic mass is 16.3. The molecule has 0 aliphatic carbocycles. The number of aromatic nitrogens is 2. The van der Waals surface area contributed by atoms with Crippen LogP contribution in [0, 0.1) is 0 Å². The lowest BCUT2D eigenvalue weighted by Crippen LogP contribution is -2.24. The smallest absolute Gasteiger partial charge is 0.222 e. The van der Waals surface area contributed by atoms with Crippen LogP contribution in [0.5, 0.6) is 0 Å². The van der Waals surface area contributed by atoms with Gasteiger partial charge in [0.1, 0.15) is 0 Å². The van der Waals surface area contributed by atoms with Crippen LogP contribution < -0.4 is 5.32 Å². The highest BCUT2D eigenvalue weighted by Crippen LogP contribution is 2.04. The Labute approximate surface area is 111 Å². The molecular formula is C14H17N3O2. The molecule has 1 aromatic heterocycles. The first-order valence-corrected chi connectivity index (χ1v) is 6.21. The average Bonchev–Trinajstić information content (AvgIpc) is 2.96. The molecule has 5 nitrogen and oxygen atoms in total. The largest absolute Gasteiger partial charge is 0.392 e. The van der Waals surface area contributed by atoms with Gasteiger partial charge in [-0.3, -0.25) is 9.48 Å². The van der Waals surface area contributed by atoms with Crippen LogP contribution in [0.2, 0.25) is 0 Å². The second kappa shape index (κ2) is 6.70. The van der Waals surface area contributed by atoms with Crippen molar-refractivity contribution in [3.8, 4) is 0 Å². The van der Waals surface area contributed by atoms with Gasteiger partial charge in [0.25, 0.3) is 0 Å². The van der Waals surface area contributed by atoms with E-state index in [-0.39, 0.29) is 12.5 Å². The topological polar surface area (TPSA) is 67.2 Å². The fourth-order valence-corrected chi connectivity index (χ4v) is 1.70. The lowest BCUT2D eigenvalue weighted by atomic mass is 10.1. The molecule has 0 aliphatic heterocycles. The van der Waals surface area contributed by atoms with Gasteiger partial charge in [0.2, 0.25) is 5.91 Å². The quantitative estimate of drug-likeness (QED) is 0.815. The predicted octanol–water partition coefficient (Wildman–Crippen LogP) is 1.08. The standard InChI is InChI=1S/C14H17N3O2/c18-11-13-4-2-12(3-5-13)10-15-14(19)6-9-17-8-1-7-16-17/h1-5,7-8,18H,6,9-11H2,(H,15,19). The molecule has 0 saturated carbocycles. The summed E-state index contributed by atoms with van der Waals surface area (Å²) in [6.07, 6.45) is 3.94. The van der Waals surface area contributed by atoms with Crippen molar-refractivity contribution in [3.05, 3.63) is 53.9 Å². The fraction of sp³-hybridized carbons (Fsp3) is 0.286. The van der Waals surface area contributed by atoms with E-state index in [4.69, 9.17) is 5.11 Å². The van der Waals surface area contributed by atoms with Crippen LogP contribution in [0.4, 0.5) is 0 Å². The molecule has 2 aromatic rings. The van der Waals surface area contributed by atoms with E-state index in [0.29, 0.717) is 19.5 Å². The van der Waals surface area contributed by atoms with Crippen molar-refractivity contribution in [1.82, 2.24) is 15.1 Å². The number of aliphatic hydroxyl groups is 1. The van der Waals surface area contributed by atoms with Crippen LogP contribution in [0.15, 0.2) is 42.7 Å². The van der Waals surface area contributed by atoms with Crippen LogP contribution in [-0.4, -0.2) is 20.8 Å². The summed E-state index contributed by atoms with van der Waals surface area (Å²) in [7, 11) is 0. The molecule has 0 atom stereocenters. The molecule has 0 radical (unpaired) electrons. The van der Waals surface area contributed by atoms with Crippen molar-refractivity contribution in [2.24, 2.45) is 0 Å². The van der Waals surface area contributed by atoms with E-state index in [1.54, 1.807) is 10.9 Å². The van der Waals surface area contributed by atoms with Crippen molar-refractivity contribution in [2.45, 2.75) is 26.1 Å². The second-order valence-corrected chi connectivity index (χ2v) is 4.27. The average molecular weight is 259 g/mol. The lowest BCUT2D eigenvalue weighted by molar-refractivity contribution is -0.121. The van der Waals surface area contributed by atoms with Gasteiger partial charge in [-0.25, -0.2) is 0 Å². The number of aryl methyl sites for hydroxylation is 1. The van der Waals surface area contributed by atoms with Gasteiger partial charge >= 0.3 is 0 Å². The first-order valence-electron chi connectivity index (χ1n) is 6.21. The van der Waals surface area contributed by atoms with E-state index in [1.807, 2.05) is 36.5 Å². The summed E-state index contributed by atoms with van der Waals surface area (Å²) < 4.78 is 1.73. The van der Waals surface area contributed by atoms with E-state index in [9.17, 15) is 4.79 Å². The summed E-state index contributed by atoms with van der Waals surface area (Å²) in [5.41, 5.74) is 1.89. The summed E-state index contributed by atoms with van der Waals surface area (Å²) in [4.78, 5) is 11.6. The minimum absolute atomic E-state index is 0.00161. The number of hydrogen-bond donors (Lipinski definition) is 2. The summed E-state index contributed by atoms with van der Waals surface area (Å²) in [5.74, 6) is 0.00161. The Bertz CT molecular complexity index is 506. The Kier molecular flexibility index (Phi) is 4.69. The van der Waals surface area contributed by atoms with Crippen molar-refractivity contribution in [2.75, 3.05) is 0 Å². The van der Waals surface area contributed by atoms with Gasteiger partial charge in [-0.05, 0) is 17.2 Å². The molecule has 0 unspecified atom stereocenters. The molecule has 19 heavy (non-hydrogen) atoms. The van der Waals surface area contributed by atoms with Gasteiger partial charge in [0.15, 0.2) is 0 Å². The van der Waals surface area contributed by atoms with Gasteiger partial charge < -0.3 is 10.4 Å². The third kappa shape index (κ3) is 4.22. The molecule has 5 heteroatoms. The molecule has 2 rings (SSSR count). The van der Waals surface area contributed by atoms with Crippen molar-refractivity contribution < 1.29 is 9.90 Å². The maximum Gasteiger partial charge on any atom is 0.222 e. The number of hydrogen-bond acceptors (Lipinski definition) is 3. The Hall–Kier alpha value is -2.14. The first-order chi connectivity index (χ1) is 9.28. The van der Waals surface area contributed by atoms with Crippen LogP contribution in [0.1, 0.15) is 17.5 Å². The minimum atomic E-state index is 0.00161. The monoisotopic (exact) mass is 259 g/mol. The molecule has 0 bridgehead atoms. The molecular weight excluding hydrogens is 242 g/mol. The van der Waals surface area contributed by atoms with Crippen LogP contribution in [-0.2, 0) is 24.5 Å². The Morgan fingerprint density at radius 3 is 2.63 bits per heavy atom. The highest BCUT2D eigenvalue weighted by molar-refractivity contribution is 5.75. The molecule has 1 heterocycles. The maximum atomic E-state index is 11.6. The van der Waals surface area contributed by atoms with Crippen molar-refractivity contribution in [1.29, 1.82) is 0 Å². The summed E-state index contributed by atoms with van der Waals surface area (Å²) in [6, 6.07) is 9.34. The number of carbonyl (C=O) groups excluding carboxylic acids is 1. The number of nitrogens with zero attached hydrogens (tertiary/aromatic N) is 2. The number of benzene rings is 1. The first kappa shape index (κ1) is 13.3. The van der Waals surface area contributed by atoms with E-state index in [0.717, 1.165) is 11.1 Å². The molecule has 1 aromatic carbocycles. The summed E-state index contributed by atoms with van der Waals surface area (Å²) in [5, 5.41) is 15.8. The van der Waals surface area contributed by atoms with Crippen molar-refractivity contribution >= 4 is 5.91 Å². The van der Waals surface area contributed by atoms with E-state index >= 15 is 0 Å². The Morgan fingerprint density at radius 2 is 2.00 bits per heavy atom. The van der Waals surface area contributed by atoms with Crippen LogP contribution in [0.3, 0.4) is 0 Å². The summed E-state index contributed by atoms with van der Waals surface area (Å²) >= 11 is 0. The van der Waals surface area contributed by atoms with Gasteiger partial charge in [-0.1, -0.05) is 24.3 Å². The zero-order chi connectivity index (χ0) is 13.5. The minimum Gasteiger partial charge on any atom is -0.392 e. The van der Waals surface area contributed by atoms with Crippen molar-refractivity contribution in [3.63, 3.8) is 0 Å². The van der Waals surface area contributed by atoms with Crippen LogP contribution >= 0.6 is 0 Å². The summed E-state index contributed by atoms with van der Waals surface area (Å²) in [6.45, 7) is 1.13. The van der Waals surface area contributed by atoms with E-state index in [1.165, 1.54) is 0 Å². The number of rotatable bonds is 6. The van der Waals surface area contributed by atoms with E-state index < -0.39 is 0 Å². The zero-order valence-corrected chi connectivity index (χ0v) is 10.6. The number of aliphatic hydroxyl groups excluding tert-OH is 1. The predicted molar refractivity (Wildman–Crippen MR) is 71.1 cm³/mol. The van der Waals surface area contributed by atoms with Crippen LogP contribution in [0.25, 0.3) is 0 Å². The molecule has 100 valence electrons. The molecule has 2 N–H and O–H groups in total. The normalized spacial score (nSPS) is 10.4. The molecule has 1 amide bonds. The third-order valence-electron chi connectivity index (χ3n) is 2.82. The molecule has 0 spiro atoms. The maximum absolute atomic E-state index is 11.6. The number of nitrogens with one attached hydrogen (secondary N) is 1. The number of amides is 1.